The topological polar surface area (TPSA) is 85.2 Å². The molecule has 2 aromatic carbocycles. The highest BCUT2D eigenvalue weighted by molar-refractivity contribution is 9.10. The minimum absolute atomic E-state index is 0.00724. The van der Waals surface area contributed by atoms with Gasteiger partial charge in [0.05, 0.1) is 24.3 Å². The lowest BCUT2D eigenvalue weighted by Gasteiger charge is -2.37. The van der Waals surface area contributed by atoms with Crippen LogP contribution in [0.4, 0.5) is 0 Å². The lowest BCUT2D eigenvalue weighted by atomic mass is 9.71. The Morgan fingerprint density at radius 1 is 1.09 bits per heavy atom. The van der Waals surface area contributed by atoms with Crippen molar-refractivity contribution in [3.8, 4) is 5.75 Å². The molecule has 44 heavy (non-hydrogen) atoms. The molecule has 3 atom stereocenters. The molecule has 0 saturated carbocycles. The first kappa shape index (κ1) is 32.9. The highest BCUT2D eigenvalue weighted by atomic mass is 79.9. The third-order valence-corrected chi connectivity index (χ3v) is 9.64. The van der Waals surface area contributed by atoms with E-state index in [1.54, 1.807) is 0 Å². The van der Waals surface area contributed by atoms with Crippen molar-refractivity contribution >= 4 is 47.6 Å². The van der Waals surface area contributed by atoms with E-state index < -0.39 is 20.2 Å². The Morgan fingerprint density at radius 2 is 1.80 bits per heavy atom. The number of carbonyl (C=O) groups is 2. The molecule has 2 heterocycles. The van der Waals surface area contributed by atoms with Gasteiger partial charge in [-0.3, -0.25) is 9.59 Å². The molecule has 8 nitrogen and oxygen atoms in total. The van der Waals surface area contributed by atoms with Crippen molar-refractivity contribution in [3.63, 3.8) is 0 Å². The number of hydrogen-bond acceptors (Lipinski definition) is 7. The van der Waals surface area contributed by atoms with Gasteiger partial charge >= 0.3 is 5.97 Å². The maximum Gasteiger partial charge on any atom is 0.325 e. The molecule has 1 saturated heterocycles. The number of nitrogens with zero attached hydrogens (tertiary/aromatic N) is 1. The Labute approximate surface area is 270 Å². The van der Waals surface area contributed by atoms with Crippen molar-refractivity contribution in [2.24, 2.45) is 5.41 Å². The fourth-order valence-electron chi connectivity index (χ4n) is 6.57. The second-order valence-corrected chi connectivity index (χ2v) is 16.9. The summed E-state index contributed by atoms with van der Waals surface area (Å²) >= 11 is 3.56. The number of halogens is 1. The Bertz CT molecular complexity index is 1600. The second kappa shape index (κ2) is 11.7. The number of aromatic nitrogens is 1. The van der Waals surface area contributed by atoms with Gasteiger partial charge in [0.1, 0.15) is 31.1 Å². The van der Waals surface area contributed by atoms with Crippen LogP contribution in [0.1, 0.15) is 75.6 Å². The molecule has 2 aliphatic rings. The number of benzene rings is 2. The zero-order valence-corrected chi connectivity index (χ0v) is 29.9. The minimum atomic E-state index is -0.998. The van der Waals surface area contributed by atoms with Gasteiger partial charge in [-0.25, -0.2) is 0 Å². The average molecular weight is 686 g/mol. The number of ketones is 1. The quantitative estimate of drug-likeness (QED) is 0.186. The van der Waals surface area contributed by atoms with E-state index in [4.69, 9.17) is 23.4 Å². The van der Waals surface area contributed by atoms with Gasteiger partial charge in [0.2, 0.25) is 9.04 Å². The van der Waals surface area contributed by atoms with Crippen LogP contribution in [0.15, 0.2) is 40.9 Å². The van der Waals surface area contributed by atoms with Crippen LogP contribution in [-0.2, 0) is 35.4 Å². The molecule has 1 unspecified atom stereocenters. The summed E-state index contributed by atoms with van der Waals surface area (Å²) in [6, 6.07) is 11.4. The summed E-state index contributed by atoms with van der Waals surface area (Å²) in [4.78, 5) is 26.6. The van der Waals surface area contributed by atoms with Crippen LogP contribution in [0.2, 0.25) is 13.1 Å². The number of ether oxygens (including phenoxy) is 4. The smallest absolute Gasteiger partial charge is 0.325 e. The fraction of sp³-hybridized carbons (Fsp3) is 0.529. The molecule has 1 aliphatic heterocycles. The van der Waals surface area contributed by atoms with E-state index in [-0.39, 0.29) is 48.6 Å². The number of esters is 1. The summed E-state index contributed by atoms with van der Waals surface area (Å²) in [6.45, 7) is 19.0. The van der Waals surface area contributed by atoms with Gasteiger partial charge in [0.25, 0.3) is 0 Å². The number of carbonyl (C=O) groups excluding carboxylic acids is 2. The molecule has 237 valence electrons. The van der Waals surface area contributed by atoms with E-state index >= 15 is 0 Å². The van der Waals surface area contributed by atoms with Crippen molar-refractivity contribution in [2.45, 2.75) is 97.6 Å². The van der Waals surface area contributed by atoms with Crippen molar-refractivity contribution in [3.05, 3.63) is 63.3 Å². The van der Waals surface area contributed by atoms with Crippen molar-refractivity contribution in [1.29, 1.82) is 0 Å². The summed E-state index contributed by atoms with van der Waals surface area (Å²) in [5, 5.41) is 0.808. The van der Waals surface area contributed by atoms with Crippen molar-refractivity contribution in [1.82, 2.24) is 4.57 Å². The van der Waals surface area contributed by atoms with Crippen LogP contribution in [0, 0.1) is 5.41 Å². The van der Waals surface area contributed by atoms with Crippen molar-refractivity contribution < 1.29 is 33.0 Å². The number of fused-ring (bicyclic) bond motifs is 4. The third kappa shape index (κ3) is 6.03. The van der Waals surface area contributed by atoms with E-state index in [2.05, 4.69) is 63.6 Å². The minimum Gasteiger partial charge on any atom is -0.491 e. The van der Waals surface area contributed by atoms with Gasteiger partial charge in [-0.15, -0.1) is 0 Å². The van der Waals surface area contributed by atoms with Crippen LogP contribution < -0.4 is 4.74 Å². The molecule has 0 spiro atoms. The lowest BCUT2D eigenvalue weighted by Crippen LogP contribution is -2.48. The first-order valence-corrected chi connectivity index (χ1v) is 18.2. The number of hydrogen-bond donors (Lipinski definition) is 0. The van der Waals surface area contributed by atoms with E-state index in [9.17, 15) is 9.59 Å². The summed E-state index contributed by atoms with van der Waals surface area (Å²) in [5.74, 6) is -0.609. The molecule has 1 aliphatic carbocycles. The largest absolute Gasteiger partial charge is 0.491 e. The second-order valence-electron chi connectivity index (χ2n) is 14.0. The molecular weight excluding hydrogens is 642 g/mol. The standard InChI is InChI=1S/C34H43BrNO7Si/c1-32(2,3)31(43-44(9)10)29-25(41-34(6,7)42-29)18-40-20-12-14-21-23(16-20)33(4,5)30-27(28(21)38)22-13-11-19(35)15-24(22)36(30)17-26(37)39-8/h11-16,25,29,31H,17-18H2,1-10H3/t25-,29-,31?/m1/s1. The summed E-state index contributed by atoms with van der Waals surface area (Å²) < 4.78 is 33.4. The molecular formula is C34H43BrNO7Si. The van der Waals surface area contributed by atoms with Gasteiger partial charge in [0, 0.05) is 26.5 Å². The highest BCUT2D eigenvalue weighted by Gasteiger charge is 2.49. The first-order valence-electron chi connectivity index (χ1n) is 15.0. The Kier molecular flexibility index (Phi) is 8.74. The maximum atomic E-state index is 14.1. The monoisotopic (exact) mass is 684 g/mol. The zero-order chi connectivity index (χ0) is 32.4. The molecule has 0 amide bonds. The van der Waals surface area contributed by atoms with Gasteiger partial charge < -0.3 is 27.9 Å². The molecule has 10 heteroatoms. The highest BCUT2D eigenvalue weighted by Crippen LogP contribution is 2.47. The Balaban J connectivity index is 1.50. The molecule has 1 radical (unpaired) electrons. The summed E-state index contributed by atoms with van der Waals surface area (Å²) in [6.07, 6.45) is -0.831. The maximum absolute atomic E-state index is 14.1. The molecule has 3 aromatic rings. The summed E-state index contributed by atoms with van der Waals surface area (Å²) in [5.41, 5.74) is 2.86. The van der Waals surface area contributed by atoms with Crippen molar-refractivity contribution in [2.75, 3.05) is 13.7 Å². The third-order valence-electron chi connectivity index (χ3n) is 8.42. The number of methoxy groups -OCH3 is 1. The average Bonchev–Trinajstić information content (AvgIpc) is 3.41. The van der Waals surface area contributed by atoms with E-state index in [1.165, 1.54) is 7.11 Å². The Morgan fingerprint density at radius 3 is 2.43 bits per heavy atom. The molecule has 0 N–H and O–H groups in total. The van der Waals surface area contributed by atoms with Crippen LogP contribution in [-0.4, -0.2) is 63.2 Å². The van der Waals surface area contributed by atoms with Crippen LogP contribution in [0.3, 0.4) is 0 Å². The van der Waals surface area contributed by atoms with E-state index in [1.807, 2.05) is 54.8 Å². The first-order chi connectivity index (χ1) is 20.4. The van der Waals surface area contributed by atoms with Gasteiger partial charge in [-0.2, -0.15) is 0 Å². The SMILES string of the molecule is COC(=O)Cn1c2c(c3ccc(Br)cc31)C(=O)c1ccc(OC[C@H]3OC(C)(C)O[C@H]3C(O[Si](C)C)C(C)(C)C)cc1C2(C)C. The summed E-state index contributed by atoms with van der Waals surface area (Å²) in [7, 11) is 0.374. The fourth-order valence-corrected chi connectivity index (χ4v) is 7.91. The van der Waals surface area contributed by atoms with Crippen LogP contribution in [0.25, 0.3) is 10.9 Å². The Hall–Kier alpha value is -2.50. The molecule has 5 rings (SSSR count). The molecule has 1 aromatic heterocycles. The predicted molar refractivity (Wildman–Crippen MR) is 175 cm³/mol. The lowest BCUT2D eigenvalue weighted by molar-refractivity contribution is -0.160. The zero-order valence-electron chi connectivity index (χ0n) is 27.3. The number of rotatable bonds is 8. The molecule has 1 fully saturated rings. The predicted octanol–water partition coefficient (Wildman–Crippen LogP) is 7.03. The normalized spacial score (nSPS) is 21.3. The van der Waals surface area contributed by atoms with Gasteiger partial charge in [-0.05, 0) is 68.3 Å². The van der Waals surface area contributed by atoms with E-state index in [0.717, 1.165) is 26.6 Å². The van der Waals surface area contributed by atoms with Gasteiger partial charge in [0.15, 0.2) is 11.6 Å². The van der Waals surface area contributed by atoms with Crippen LogP contribution in [0.5, 0.6) is 5.75 Å². The van der Waals surface area contributed by atoms with Crippen LogP contribution >= 0.6 is 15.9 Å². The van der Waals surface area contributed by atoms with E-state index in [0.29, 0.717) is 16.9 Å². The molecule has 0 bridgehead atoms. The van der Waals surface area contributed by atoms with Gasteiger partial charge in [-0.1, -0.05) is 56.6 Å².